The Morgan fingerprint density at radius 3 is 2.59 bits per heavy atom. The molecule has 3 aromatic rings. The molecule has 0 aliphatic carbocycles. The number of amides is 1. The fraction of sp³-hybridized carbons (Fsp3) is 0.286. The average molecular weight is 420 g/mol. The number of aryl methyl sites for hydroxylation is 1. The number of furan rings is 1. The van der Waals surface area contributed by atoms with Crippen molar-refractivity contribution in [2.75, 3.05) is 6.54 Å². The number of nitrogens with one attached hydrogen (secondary N) is 1. The molecule has 154 valence electrons. The summed E-state index contributed by atoms with van der Waals surface area (Å²) in [5, 5.41) is 2.86. The highest BCUT2D eigenvalue weighted by Crippen LogP contribution is 2.19. The number of nitrogens with zero attached hydrogens (tertiary/aromatic N) is 1. The molecule has 1 N–H and O–H groups in total. The second-order valence-corrected chi connectivity index (χ2v) is 7.91. The van der Waals surface area contributed by atoms with Crippen LogP contribution < -0.4 is 10.1 Å². The number of benzene rings is 1. The minimum absolute atomic E-state index is 0.0888. The molecule has 1 amide bonds. The molecule has 0 fully saturated rings. The largest absolute Gasteiger partial charge is 0.468 e. The number of thiophene rings is 1. The number of rotatable bonds is 10. The molecule has 3 rings (SSSR count). The van der Waals surface area contributed by atoms with Gasteiger partial charge in [-0.25, -0.2) is 0 Å². The first-order valence-corrected chi connectivity index (χ1v) is 9.90. The smallest absolute Gasteiger partial charge is 0.387 e. The molecule has 0 atom stereocenters. The van der Waals surface area contributed by atoms with Gasteiger partial charge in [-0.2, -0.15) is 8.78 Å². The van der Waals surface area contributed by atoms with Crippen LogP contribution in [0.2, 0.25) is 0 Å². The zero-order valence-electron chi connectivity index (χ0n) is 15.9. The van der Waals surface area contributed by atoms with Crippen LogP contribution >= 0.6 is 11.3 Å². The molecule has 2 heterocycles. The quantitative estimate of drug-likeness (QED) is 0.522. The van der Waals surface area contributed by atoms with Gasteiger partial charge in [0.05, 0.1) is 19.4 Å². The molecule has 2 aromatic heterocycles. The second kappa shape index (κ2) is 10.2. The van der Waals surface area contributed by atoms with Crippen LogP contribution in [-0.2, 0) is 24.4 Å². The van der Waals surface area contributed by atoms with Gasteiger partial charge in [-0.1, -0.05) is 12.1 Å². The highest BCUT2D eigenvalue weighted by molar-refractivity contribution is 7.11. The number of hydrogen-bond donors (Lipinski definition) is 1. The minimum Gasteiger partial charge on any atom is -0.468 e. The Kier molecular flexibility index (Phi) is 7.37. The van der Waals surface area contributed by atoms with E-state index in [4.69, 9.17) is 4.42 Å². The van der Waals surface area contributed by atoms with Crippen LogP contribution in [0.1, 0.15) is 21.1 Å². The third kappa shape index (κ3) is 6.99. The Hall–Kier alpha value is -2.71. The number of carbonyl (C=O) groups excluding carboxylic acids is 1. The zero-order chi connectivity index (χ0) is 20.6. The molecule has 29 heavy (non-hydrogen) atoms. The summed E-state index contributed by atoms with van der Waals surface area (Å²) in [6, 6.07) is 14.0. The van der Waals surface area contributed by atoms with E-state index in [-0.39, 0.29) is 18.2 Å². The van der Waals surface area contributed by atoms with Crippen molar-refractivity contribution in [2.24, 2.45) is 0 Å². The van der Waals surface area contributed by atoms with E-state index in [1.54, 1.807) is 29.7 Å². The molecule has 5 nitrogen and oxygen atoms in total. The summed E-state index contributed by atoms with van der Waals surface area (Å²) in [5.74, 6) is 0.754. The summed E-state index contributed by atoms with van der Waals surface area (Å²) < 4.78 is 34.1. The first-order chi connectivity index (χ1) is 14.0. The second-order valence-electron chi connectivity index (χ2n) is 6.54. The van der Waals surface area contributed by atoms with Gasteiger partial charge in [0.25, 0.3) is 0 Å². The lowest BCUT2D eigenvalue weighted by Crippen LogP contribution is -2.36. The third-order valence-corrected chi connectivity index (χ3v) is 5.13. The number of carbonyl (C=O) groups is 1. The van der Waals surface area contributed by atoms with E-state index in [1.165, 1.54) is 21.9 Å². The van der Waals surface area contributed by atoms with Gasteiger partial charge in [0.2, 0.25) is 5.91 Å². The average Bonchev–Trinajstić information content (AvgIpc) is 3.32. The molecule has 0 saturated heterocycles. The van der Waals surface area contributed by atoms with E-state index in [2.05, 4.69) is 29.1 Å². The molecule has 0 saturated carbocycles. The Morgan fingerprint density at radius 2 is 1.97 bits per heavy atom. The van der Waals surface area contributed by atoms with E-state index in [0.717, 1.165) is 11.3 Å². The summed E-state index contributed by atoms with van der Waals surface area (Å²) in [5.41, 5.74) is 0.798. The molecular formula is C21H22F2N2O3S. The van der Waals surface area contributed by atoms with Crippen LogP contribution in [0.15, 0.2) is 59.2 Å². The van der Waals surface area contributed by atoms with Crippen molar-refractivity contribution in [2.45, 2.75) is 33.2 Å². The molecular weight excluding hydrogens is 398 g/mol. The van der Waals surface area contributed by atoms with Crippen molar-refractivity contribution in [3.05, 3.63) is 75.9 Å². The van der Waals surface area contributed by atoms with Crippen LogP contribution in [0.5, 0.6) is 5.75 Å². The normalized spacial score (nSPS) is 11.2. The summed E-state index contributed by atoms with van der Waals surface area (Å²) in [4.78, 5) is 16.9. The van der Waals surface area contributed by atoms with Crippen LogP contribution in [0.3, 0.4) is 0 Å². The molecule has 0 bridgehead atoms. The maximum Gasteiger partial charge on any atom is 0.387 e. The van der Waals surface area contributed by atoms with Crippen LogP contribution in [0.4, 0.5) is 8.78 Å². The number of hydrogen-bond acceptors (Lipinski definition) is 5. The summed E-state index contributed by atoms with van der Waals surface area (Å²) in [7, 11) is 0. The van der Waals surface area contributed by atoms with Gasteiger partial charge in [0, 0.05) is 22.8 Å². The van der Waals surface area contributed by atoms with Crippen molar-refractivity contribution >= 4 is 17.2 Å². The highest BCUT2D eigenvalue weighted by atomic mass is 32.1. The fourth-order valence-corrected chi connectivity index (χ4v) is 3.76. The van der Waals surface area contributed by atoms with E-state index in [0.29, 0.717) is 19.6 Å². The first kappa shape index (κ1) is 21.0. The third-order valence-electron chi connectivity index (χ3n) is 4.14. The summed E-state index contributed by atoms with van der Waals surface area (Å²) in [6.07, 6.45) is 1.62. The predicted molar refractivity (Wildman–Crippen MR) is 107 cm³/mol. The van der Waals surface area contributed by atoms with Crippen LogP contribution in [0.25, 0.3) is 0 Å². The van der Waals surface area contributed by atoms with Gasteiger partial charge in [-0.3, -0.25) is 9.69 Å². The van der Waals surface area contributed by atoms with E-state index >= 15 is 0 Å². The Labute approximate surface area is 171 Å². The molecule has 0 aliphatic rings. The van der Waals surface area contributed by atoms with E-state index < -0.39 is 6.61 Å². The minimum atomic E-state index is -2.85. The van der Waals surface area contributed by atoms with Crippen molar-refractivity contribution in [3.63, 3.8) is 0 Å². The van der Waals surface area contributed by atoms with Crippen molar-refractivity contribution in [1.29, 1.82) is 0 Å². The molecule has 1 aromatic carbocycles. The topological polar surface area (TPSA) is 54.7 Å². The Morgan fingerprint density at radius 1 is 1.17 bits per heavy atom. The molecule has 0 aliphatic heterocycles. The lowest BCUT2D eigenvalue weighted by Gasteiger charge is -2.20. The number of ether oxygens (including phenoxy) is 1. The van der Waals surface area contributed by atoms with Crippen molar-refractivity contribution < 1.29 is 22.7 Å². The summed E-state index contributed by atoms with van der Waals surface area (Å²) in [6.45, 7) is 0.886. The van der Waals surface area contributed by atoms with Crippen LogP contribution in [-0.4, -0.2) is 24.0 Å². The number of halogens is 2. The first-order valence-electron chi connectivity index (χ1n) is 9.08. The fourth-order valence-electron chi connectivity index (χ4n) is 2.83. The highest BCUT2D eigenvalue weighted by Gasteiger charge is 2.14. The van der Waals surface area contributed by atoms with Gasteiger partial charge >= 0.3 is 6.61 Å². The molecule has 0 radical (unpaired) electrons. The molecule has 0 spiro atoms. The maximum absolute atomic E-state index is 12.5. The monoisotopic (exact) mass is 420 g/mol. The number of alkyl halides is 2. The standard InChI is InChI=1S/C21H22F2N2O3S/c1-15-4-9-19(29-15)13-25(12-18-3-2-10-27-18)14-20(26)24-11-16-5-7-17(8-6-16)28-21(22)23/h2-10,21H,11-14H2,1H3,(H,24,26). The van der Waals surface area contributed by atoms with Gasteiger partial charge in [-0.15, -0.1) is 11.3 Å². The molecule has 8 heteroatoms. The van der Waals surface area contributed by atoms with Gasteiger partial charge in [-0.05, 0) is 48.9 Å². The van der Waals surface area contributed by atoms with Gasteiger partial charge in [0.1, 0.15) is 11.5 Å². The van der Waals surface area contributed by atoms with Crippen molar-refractivity contribution in [3.8, 4) is 5.75 Å². The predicted octanol–water partition coefficient (Wildman–Crippen LogP) is 4.57. The molecule has 0 unspecified atom stereocenters. The van der Waals surface area contributed by atoms with E-state index in [9.17, 15) is 13.6 Å². The Balaban J connectivity index is 1.54. The lowest BCUT2D eigenvalue weighted by molar-refractivity contribution is -0.122. The SMILES string of the molecule is Cc1ccc(CN(CC(=O)NCc2ccc(OC(F)F)cc2)Cc2ccco2)s1. The van der Waals surface area contributed by atoms with Crippen LogP contribution in [0, 0.1) is 6.92 Å². The van der Waals surface area contributed by atoms with Gasteiger partial charge < -0.3 is 14.5 Å². The lowest BCUT2D eigenvalue weighted by atomic mass is 10.2. The van der Waals surface area contributed by atoms with Gasteiger partial charge in [0.15, 0.2) is 0 Å². The van der Waals surface area contributed by atoms with Crippen molar-refractivity contribution in [1.82, 2.24) is 10.2 Å². The van der Waals surface area contributed by atoms with E-state index in [1.807, 2.05) is 17.0 Å². The summed E-state index contributed by atoms with van der Waals surface area (Å²) >= 11 is 1.70. The maximum atomic E-state index is 12.5. The Bertz CT molecular complexity index is 895. The zero-order valence-corrected chi connectivity index (χ0v) is 16.8.